The smallest absolute Gasteiger partial charge is 0.251 e. The summed E-state index contributed by atoms with van der Waals surface area (Å²) in [6.07, 6.45) is 1.04. The van der Waals surface area contributed by atoms with Crippen molar-refractivity contribution in [2.45, 2.75) is 31.2 Å². The quantitative estimate of drug-likeness (QED) is 0.413. The molecule has 4 rings (SSSR count). The molecule has 0 saturated heterocycles. The Kier molecular flexibility index (Phi) is 6.63. The standard InChI is InChI=1S/C25H23ClN4O3S/c1-15(2)16-5-4-6-17(11-16)21-9-10-22-23(28-21)13-19(29-30-22)14-27-25(31)18-7-8-20(26)24(12-18)34(3,32)33/h4-13,15H,14H2,1-3H3,(H,27,31). The summed E-state index contributed by atoms with van der Waals surface area (Å²) in [5.74, 6) is -0.0358. The molecule has 0 aliphatic carbocycles. The number of hydrogen-bond acceptors (Lipinski definition) is 6. The van der Waals surface area contributed by atoms with E-state index >= 15 is 0 Å². The molecule has 2 heterocycles. The number of halogens is 1. The lowest BCUT2D eigenvalue weighted by Crippen LogP contribution is -2.23. The molecule has 0 atom stereocenters. The number of pyridine rings is 1. The van der Waals surface area contributed by atoms with E-state index in [0.717, 1.165) is 17.5 Å². The summed E-state index contributed by atoms with van der Waals surface area (Å²) in [6.45, 7) is 4.40. The van der Waals surface area contributed by atoms with Crippen molar-refractivity contribution < 1.29 is 13.2 Å². The summed E-state index contributed by atoms with van der Waals surface area (Å²) in [5, 5.41) is 11.2. The van der Waals surface area contributed by atoms with Gasteiger partial charge < -0.3 is 5.32 Å². The Morgan fingerprint density at radius 1 is 1.00 bits per heavy atom. The van der Waals surface area contributed by atoms with Crippen molar-refractivity contribution in [3.8, 4) is 11.3 Å². The van der Waals surface area contributed by atoms with Gasteiger partial charge in [0.05, 0.1) is 33.4 Å². The van der Waals surface area contributed by atoms with Crippen molar-refractivity contribution in [3.63, 3.8) is 0 Å². The SMILES string of the molecule is CC(C)c1cccc(-c2ccc3nnc(CNC(=O)c4ccc(Cl)c(S(C)(=O)=O)c4)cc3n2)c1. The predicted molar refractivity (Wildman–Crippen MR) is 133 cm³/mol. The summed E-state index contributed by atoms with van der Waals surface area (Å²) < 4.78 is 23.7. The summed E-state index contributed by atoms with van der Waals surface area (Å²) in [4.78, 5) is 17.2. The molecule has 0 spiro atoms. The minimum absolute atomic E-state index is 0.0697. The second kappa shape index (κ2) is 9.48. The average molecular weight is 495 g/mol. The largest absolute Gasteiger partial charge is 0.346 e. The second-order valence-electron chi connectivity index (χ2n) is 8.32. The number of aromatic nitrogens is 3. The topological polar surface area (TPSA) is 102 Å². The minimum atomic E-state index is -3.56. The third kappa shape index (κ3) is 5.24. The molecule has 0 unspecified atom stereocenters. The van der Waals surface area contributed by atoms with Crippen LogP contribution in [0.2, 0.25) is 5.02 Å². The predicted octanol–water partition coefficient (Wildman–Crippen LogP) is 4.80. The van der Waals surface area contributed by atoms with Crippen LogP contribution in [0.25, 0.3) is 22.3 Å². The molecular weight excluding hydrogens is 472 g/mol. The van der Waals surface area contributed by atoms with Crippen molar-refractivity contribution in [1.29, 1.82) is 0 Å². The molecule has 34 heavy (non-hydrogen) atoms. The molecule has 0 bridgehead atoms. The van der Waals surface area contributed by atoms with Crippen LogP contribution in [0, 0.1) is 0 Å². The van der Waals surface area contributed by atoms with Crippen molar-refractivity contribution in [2.75, 3.05) is 6.26 Å². The lowest BCUT2D eigenvalue weighted by atomic mass is 9.99. The zero-order chi connectivity index (χ0) is 24.5. The minimum Gasteiger partial charge on any atom is -0.346 e. The zero-order valence-electron chi connectivity index (χ0n) is 18.9. The van der Waals surface area contributed by atoms with Gasteiger partial charge in [0.2, 0.25) is 0 Å². The Balaban J connectivity index is 1.55. The fraction of sp³-hybridized carbons (Fsp3) is 0.200. The number of carbonyl (C=O) groups is 1. The van der Waals surface area contributed by atoms with E-state index in [4.69, 9.17) is 16.6 Å². The van der Waals surface area contributed by atoms with Crippen LogP contribution in [0.5, 0.6) is 0 Å². The Hall–Kier alpha value is -3.36. The van der Waals surface area contributed by atoms with Crippen molar-refractivity contribution in [1.82, 2.24) is 20.5 Å². The summed E-state index contributed by atoms with van der Waals surface area (Å²) in [5.41, 5.74) is 5.10. The monoisotopic (exact) mass is 494 g/mol. The van der Waals surface area contributed by atoms with Gasteiger partial charge in [0.1, 0.15) is 5.52 Å². The third-order valence-electron chi connectivity index (χ3n) is 5.36. The molecule has 2 aromatic heterocycles. The van der Waals surface area contributed by atoms with Crippen LogP contribution in [0.3, 0.4) is 0 Å². The molecule has 0 radical (unpaired) electrons. The molecule has 0 aliphatic rings. The van der Waals surface area contributed by atoms with Crippen LogP contribution in [-0.4, -0.2) is 35.8 Å². The fourth-order valence-corrected chi connectivity index (χ4v) is 4.77. The number of nitrogens with one attached hydrogen (secondary N) is 1. The van der Waals surface area contributed by atoms with Crippen LogP contribution in [0.1, 0.15) is 41.4 Å². The molecule has 1 amide bonds. The first kappa shape index (κ1) is 23.8. The van der Waals surface area contributed by atoms with E-state index < -0.39 is 15.7 Å². The highest BCUT2D eigenvalue weighted by Gasteiger charge is 2.16. The molecule has 2 aromatic carbocycles. The van der Waals surface area contributed by atoms with Gasteiger partial charge in [-0.15, -0.1) is 5.10 Å². The van der Waals surface area contributed by atoms with Gasteiger partial charge >= 0.3 is 0 Å². The first-order valence-electron chi connectivity index (χ1n) is 10.6. The van der Waals surface area contributed by atoms with Crippen molar-refractivity contribution >= 4 is 38.4 Å². The van der Waals surface area contributed by atoms with E-state index in [1.807, 2.05) is 24.3 Å². The van der Waals surface area contributed by atoms with Gasteiger partial charge in [-0.3, -0.25) is 4.79 Å². The molecule has 1 N–H and O–H groups in total. The Labute approximate surface area is 203 Å². The van der Waals surface area contributed by atoms with E-state index in [0.29, 0.717) is 22.6 Å². The van der Waals surface area contributed by atoms with Gasteiger partial charge in [-0.25, -0.2) is 13.4 Å². The number of amides is 1. The normalized spacial score (nSPS) is 11.7. The first-order chi connectivity index (χ1) is 16.1. The lowest BCUT2D eigenvalue weighted by Gasteiger charge is -2.09. The van der Waals surface area contributed by atoms with Crippen molar-refractivity contribution in [3.05, 3.63) is 82.5 Å². The van der Waals surface area contributed by atoms with Gasteiger partial charge in [0.25, 0.3) is 5.91 Å². The third-order valence-corrected chi connectivity index (χ3v) is 6.94. The highest BCUT2D eigenvalue weighted by atomic mass is 35.5. The van der Waals surface area contributed by atoms with E-state index in [9.17, 15) is 13.2 Å². The molecule has 0 fully saturated rings. The van der Waals surface area contributed by atoms with Gasteiger partial charge in [0.15, 0.2) is 9.84 Å². The van der Waals surface area contributed by atoms with Crippen LogP contribution >= 0.6 is 11.6 Å². The highest BCUT2D eigenvalue weighted by Crippen LogP contribution is 2.25. The number of sulfone groups is 1. The molecular formula is C25H23ClN4O3S. The molecule has 0 aliphatic heterocycles. The number of hydrogen-bond donors (Lipinski definition) is 1. The fourth-order valence-electron chi connectivity index (χ4n) is 3.47. The average Bonchev–Trinajstić information content (AvgIpc) is 2.81. The zero-order valence-corrected chi connectivity index (χ0v) is 20.5. The molecule has 9 heteroatoms. The highest BCUT2D eigenvalue weighted by molar-refractivity contribution is 7.90. The number of rotatable bonds is 6. The molecule has 174 valence electrons. The Morgan fingerprint density at radius 3 is 2.53 bits per heavy atom. The van der Waals surface area contributed by atoms with Crippen LogP contribution in [0.4, 0.5) is 0 Å². The number of fused-ring (bicyclic) bond motifs is 1. The van der Waals surface area contributed by atoms with Gasteiger partial charge in [0, 0.05) is 17.4 Å². The van der Waals surface area contributed by atoms with E-state index in [1.54, 1.807) is 6.07 Å². The number of carbonyl (C=O) groups excluding carboxylic acids is 1. The number of benzene rings is 2. The Bertz CT molecular complexity index is 1500. The van der Waals surface area contributed by atoms with Crippen molar-refractivity contribution in [2.24, 2.45) is 0 Å². The summed E-state index contributed by atoms with van der Waals surface area (Å²) >= 11 is 5.96. The van der Waals surface area contributed by atoms with Crippen LogP contribution in [-0.2, 0) is 16.4 Å². The molecule has 7 nitrogen and oxygen atoms in total. The summed E-state index contributed by atoms with van der Waals surface area (Å²) in [6, 6.07) is 18.0. The van der Waals surface area contributed by atoms with Crippen LogP contribution in [0.15, 0.2) is 65.6 Å². The van der Waals surface area contributed by atoms with E-state index in [-0.39, 0.29) is 22.0 Å². The Morgan fingerprint density at radius 2 is 1.79 bits per heavy atom. The summed E-state index contributed by atoms with van der Waals surface area (Å²) in [7, 11) is -3.56. The first-order valence-corrected chi connectivity index (χ1v) is 12.9. The maximum atomic E-state index is 12.6. The van der Waals surface area contributed by atoms with Gasteiger partial charge in [-0.05, 0) is 53.9 Å². The molecule has 0 saturated carbocycles. The van der Waals surface area contributed by atoms with Gasteiger partial charge in [-0.2, -0.15) is 5.10 Å². The van der Waals surface area contributed by atoms with E-state index in [1.165, 1.54) is 23.8 Å². The van der Waals surface area contributed by atoms with Crippen LogP contribution < -0.4 is 5.32 Å². The lowest BCUT2D eigenvalue weighted by molar-refractivity contribution is 0.0950. The molecule has 4 aromatic rings. The maximum absolute atomic E-state index is 12.6. The second-order valence-corrected chi connectivity index (χ2v) is 10.7. The number of nitrogens with zero attached hydrogens (tertiary/aromatic N) is 3. The van der Waals surface area contributed by atoms with Gasteiger partial charge in [-0.1, -0.05) is 43.6 Å². The maximum Gasteiger partial charge on any atom is 0.251 e. The van der Waals surface area contributed by atoms with E-state index in [2.05, 4.69) is 41.5 Å².